The van der Waals surface area contributed by atoms with Crippen LogP contribution >= 0.6 is 0 Å². The Hall–Kier alpha value is -3.41. The molecule has 27 heavy (non-hydrogen) atoms. The van der Waals surface area contributed by atoms with Crippen LogP contribution in [-0.4, -0.2) is 16.0 Å². The number of rotatable bonds is 4. The number of urea groups is 1. The van der Waals surface area contributed by atoms with Gasteiger partial charge in [-0.25, -0.2) is 4.79 Å². The number of para-hydroxylation sites is 1. The molecule has 0 aliphatic heterocycles. The van der Waals surface area contributed by atoms with Crippen molar-refractivity contribution < 1.29 is 9.53 Å². The lowest BCUT2D eigenvalue weighted by Crippen LogP contribution is -2.22. The summed E-state index contributed by atoms with van der Waals surface area (Å²) in [5.41, 5.74) is 4.73. The first-order chi connectivity index (χ1) is 12.9. The van der Waals surface area contributed by atoms with Crippen LogP contribution in [0.15, 0.2) is 48.5 Å². The summed E-state index contributed by atoms with van der Waals surface area (Å²) in [5, 5.41) is 5.69. The van der Waals surface area contributed by atoms with Crippen molar-refractivity contribution in [3.05, 3.63) is 71.0 Å². The number of aromatic nitrogens is 2. The quantitative estimate of drug-likeness (QED) is 0.673. The van der Waals surface area contributed by atoms with Gasteiger partial charge in [0.25, 0.3) is 0 Å². The van der Waals surface area contributed by atoms with Gasteiger partial charge in [0.1, 0.15) is 5.75 Å². The van der Waals surface area contributed by atoms with E-state index in [0.29, 0.717) is 22.8 Å². The normalized spacial score (nSPS) is 10.4. The predicted octanol–water partition coefficient (Wildman–Crippen LogP) is 5.15. The van der Waals surface area contributed by atoms with Crippen LogP contribution in [0, 0.1) is 27.7 Å². The number of hydrogen-bond donors (Lipinski definition) is 2. The third-order valence-electron chi connectivity index (χ3n) is 4.07. The molecule has 1 heterocycles. The molecule has 2 amide bonds. The standard InChI is InChI=1S/C21H22N4O2/c1-13-10-11-18(14(2)12-13)24-20(26)25-19-15(3)22-21(23-16(19)4)27-17-8-6-5-7-9-17/h5-12H,1-4H3,(H2,24,25,26). The molecule has 0 atom stereocenters. The van der Waals surface area contributed by atoms with Gasteiger partial charge < -0.3 is 15.4 Å². The second kappa shape index (κ2) is 7.86. The minimum atomic E-state index is -0.339. The number of hydrogen-bond acceptors (Lipinski definition) is 4. The topological polar surface area (TPSA) is 76.1 Å². The molecule has 0 saturated heterocycles. The fraction of sp³-hybridized carbons (Fsp3) is 0.190. The van der Waals surface area contributed by atoms with Crippen LogP contribution in [0.1, 0.15) is 22.5 Å². The molecule has 1 aromatic heterocycles. The molecule has 0 aliphatic rings. The second-order valence-electron chi connectivity index (χ2n) is 6.36. The van der Waals surface area contributed by atoms with Gasteiger partial charge in [-0.3, -0.25) is 0 Å². The summed E-state index contributed by atoms with van der Waals surface area (Å²) in [7, 11) is 0. The minimum Gasteiger partial charge on any atom is -0.424 e. The summed E-state index contributed by atoms with van der Waals surface area (Å²) >= 11 is 0. The van der Waals surface area contributed by atoms with Crippen molar-refractivity contribution in [3.8, 4) is 11.8 Å². The van der Waals surface area contributed by atoms with Crippen LogP contribution in [0.3, 0.4) is 0 Å². The van der Waals surface area contributed by atoms with E-state index in [0.717, 1.165) is 16.8 Å². The zero-order valence-corrected chi connectivity index (χ0v) is 15.8. The van der Waals surface area contributed by atoms with E-state index in [-0.39, 0.29) is 12.0 Å². The van der Waals surface area contributed by atoms with Gasteiger partial charge in [0.05, 0.1) is 17.1 Å². The Kier molecular flexibility index (Phi) is 5.35. The number of amides is 2. The highest BCUT2D eigenvalue weighted by Crippen LogP contribution is 2.24. The summed E-state index contributed by atoms with van der Waals surface area (Å²) < 4.78 is 5.67. The van der Waals surface area contributed by atoms with Crippen molar-refractivity contribution in [2.75, 3.05) is 10.6 Å². The first-order valence-electron chi connectivity index (χ1n) is 8.66. The molecule has 0 bridgehead atoms. The largest absolute Gasteiger partial charge is 0.424 e. The van der Waals surface area contributed by atoms with E-state index >= 15 is 0 Å². The smallest absolute Gasteiger partial charge is 0.323 e. The highest BCUT2D eigenvalue weighted by molar-refractivity contribution is 6.00. The number of anilines is 2. The van der Waals surface area contributed by atoms with Gasteiger partial charge in [0, 0.05) is 5.69 Å². The number of benzene rings is 2. The Morgan fingerprint density at radius 3 is 2.19 bits per heavy atom. The van der Waals surface area contributed by atoms with Gasteiger partial charge in [0.15, 0.2) is 0 Å². The summed E-state index contributed by atoms with van der Waals surface area (Å²) in [6, 6.07) is 15.1. The first kappa shape index (κ1) is 18.4. The molecule has 0 fully saturated rings. The third kappa shape index (κ3) is 4.61. The van der Waals surface area contributed by atoms with Crippen molar-refractivity contribution in [2.45, 2.75) is 27.7 Å². The highest BCUT2D eigenvalue weighted by Gasteiger charge is 2.13. The number of ether oxygens (including phenoxy) is 1. The lowest BCUT2D eigenvalue weighted by Gasteiger charge is -2.14. The van der Waals surface area contributed by atoms with E-state index in [9.17, 15) is 4.79 Å². The molecule has 2 N–H and O–H groups in total. The summed E-state index contributed by atoms with van der Waals surface area (Å²) in [4.78, 5) is 21.1. The third-order valence-corrected chi connectivity index (χ3v) is 4.07. The van der Waals surface area contributed by atoms with Gasteiger partial charge in [-0.05, 0) is 51.5 Å². The van der Waals surface area contributed by atoms with Crippen molar-refractivity contribution in [3.63, 3.8) is 0 Å². The molecule has 0 aliphatic carbocycles. The van der Waals surface area contributed by atoms with Crippen LogP contribution < -0.4 is 15.4 Å². The van der Waals surface area contributed by atoms with Crippen LogP contribution in [0.25, 0.3) is 0 Å². The predicted molar refractivity (Wildman–Crippen MR) is 107 cm³/mol. The molecule has 3 aromatic rings. The number of aryl methyl sites for hydroxylation is 4. The van der Waals surface area contributed by atoms with Gasteiger partial charge in [-0.2, -0.15) is 9.97 Å². The van der Waals surface area contributed by atoms with Gasteiger partial charge in [-0.1, -0.05) is 35.9 Å². The monoisotopic (exact) mass is 362 g/mol. The van der Waals surface area contributed by atoms with E-state index < -0.39 is 0 Å². The fourth-order valence-corrected chi connectivity index (χ4v) is 2.73. The molecule has 0 saturated carbocycles. The zero-order valence-electron chi connectivity index (χ0n) is 15.8. The lowest BCUT2D eigenvalue weighted by molar-refractivity contribution is 0.262. The lowest BCUT2D eigenvalue weighted by atomic mass is 10.1. The van der Waals surface area contributed by atoms with Crippen LogP contribution in [-0.2, 0) is 0 Å². The van der Waals surface area contributed by atoms with Gasteiger partial charge >= 0.3 is 12.0 Å². The molecule has 6 heteroatoms. The molecule has 6 nitrogen and oxygen atoms in total. The summed E-state index contributed by atoms with van der Waals surface area (Å²) in [6.07, 6.45) is 0. The Morgan fingerprint density at radius 2 is 1.56 bits per heavy atom. The average molecular weight is 362 g/mol. The van der Waals surface area contributed by atoms with E-state index in [1.54, 1.807) is 13.8 Å². The van der Waals surface area contributed by atoms with Crippen molar-refractivity contribution in [1.29, 1.82) is 0 Å². The second-order valence-corrected chi connectivity index (χ2v) is 6.36. The van der Waals surface area contributed by atoms with E-state index in [1.165, 1.54) is 0 Å². The van der Waals surface area contributed by atoms with Gasteiger partial charge in [0.2, 0.25) is 0 Å². The molecule has 3 rings (SSSR count). The number of carbonyl (C=O) groups excluding carboxylic acids is 1. The zero-order chi connectivity index (χ0) is 19.4. The molecular weight excluding hydrogens is 340 g/mol. The molecule has 0 unspecified atom stereocenters. The highest BCUT2D eigenvalue weighted by atomic mass is 16.5. The maximum atomic E-state index is 12.4. The molecule has 2 aromatic carbocycles. The average Bonchev–Trinajstić information content (AvgIpc) is 2.61. The number of nitrogens with zero attached hydrogens (tertiary/aromatic N) is 2. The molecule has 0 radical (unpaired) electrons. The van der Waals surface area contributed by atoms with Crippen molar-refractivity contribution in [2.24, 2.45) is 0 Å². The number of nitrogens with one attached hydrogen (secondary N) is 2. The summed E-state index contributed by atoms with van der Waals surface area (Å²) in [5.74, 6) is 0.657. The van der Waals surface area contributed by atoms with Gasteiger partial charge in [-0.15, -0.1) is 0 Å². The minimum absolute atomic E-state index is 0.247. The SMILES string of the molecule is Cc1ccc(NC(=O)Nc2c(C)nc(Oc3ccccc3)nc2C)c(C)c1. The maximum absolute atomic E-state index is 12.4. The Morgan fingerprint density at radius 1 is 0.889 bits per heavy atom. The van der Waals surface area contributed by atoms with E-state index in [2.05, 4.69) is 20.6 Å². The Labute approximate surface area is 158 Å². The van der Waals surface area contributed by atoms with E-state index in [4.69, 9.17) is 4.74 Å². The molecular formula is C21H22N4O2. The Bertz CT molecular complexity index is 948. The molecule has 138 valence electrons. The van der Waals surface area contributed by atoms with Crippen molar-refractivity contribution >= 4 is 17.4 Å². The first-order valence-corrected chi connectivity index (χ1v) is 8.66. The van der Waals surface area contributed by atoms with Crippen LogP contribution in [0.4, 0.5) is 16.2 Å². The molecule has 0 spiro atoms. The van der Waals surface area contributed by atoms with Crippen molar-refractivity contribution in [1.82, 2.24) is 9.97 Å². The van der Waals surface area contributed by atoms with E-state index in [1.807, 2.05) is 62.4 Å². The van der Waals surface area contributed by atoms with Crippen LogP contribution in [0.5, 0.6) is 11.8 Å². The maximum Gasteiger partial charge on any atom is 0.323 e. The fourth-order valence-electron chi connectivity index (χ4n) is 2.73. The summed E-state index contributed by atoms with van der Waals surface area (Å²) in [6.45, 7) is 7.58. The Balaban J connectivity index is 1.73. The van der Waals surface area contributed by atoms with Crippen LogP contribution in [0.2, 0.25) is 0 Å². The number of carbonyl (C=O) groups is 1.